The number of rotatable bonds is 1. The van der Waals surface area contributed by atoms with Gasteiger partial charge in [0.05, 0.1) is 0 Å². The Kier molecular flexibility index (Phi) is 9.13. The Labute approximate surface area is 153 Å². The highest BCUT2D eigenvalue weighted by atomic mass is 31.0. The molecule has 0 amide bonds. The zero-order valence-corrected chi connectivity index (χ0v) is 16.3. The number of anilines is 3. The first-order valence-electron chi connectivity index (χ1n) is 8.10. The topological polar surface area (TPSA) is 64.1 Å². The van der Waals surface area contributed by atoms with E-state index in [1.807, 2.05) is 80.6 Å². The highest BCUT2D eigenvalue weighted by Gasteiger charge is 1.88. The largest absolute Gasteiger partial charge is 0.399 e. The third-order valence-corrected chi connectivity index (χ3v) is 3.99. The van der Waals surface area contributed by atoms with Crippen LogP contribution in [-0.4, -0.2) is 0 Å². The smallest absolute Gasteiger partial charge is 0.0398 e. The van der Waals surface area contributed by atoms with Gasteiger partial charge in [-0.1, -0.05) is 54.6 Å². The molecule has 0 bridgehead atoms. The zero-order chi connectivity index (χ0) is 18.7. The molecular weight excluding hydrogens is 325 g/mol. The van der Waals surface area contributed by atoms with E-state index < -0.39 is 0 Å². The van der Waals surface area contributed by atoms with Crippen LogP contribution < -0.4 is 16.6 Å². The van der Waals surface area contributed by atoms with Crippen molar-refractivity contribution < 1.29 is 0 Å². The van der Waals surface area contributed by atoms with Crippen LogP contribution in [-0.2, 0) is 0 Å². The number of nitrogen functional groups attached to an aromatic ring is 2. The minimum Gasteiger partial charge on any atom is -0.399 e. The van der Waals surface area contributed by atoms with Crippen LogP contribution in [0.5, 0.6) is 0 Å². The molecule has 0 aromatic heterocycles. The predicted molar refractivity (Wildman–Crippen MR) is 116 cm³/mol. The summed E-state index contributed by atoms with van der Waals surface area (Å²) in [5.74, 6) is 0. The van der Waals surface area contributed by atoms with E-state index in [4.69, 9.17) is 11.5 Å². The lowest BCUT2D eigenvalue weighted by Gasteiger charge is -2.01. The third kappa shape index (κ3) is 7.73. The maximum atomic E-state index is 5.52. The minimum atomic E-state index is 0.868. The molecule has 4 heteroatoms. The van der Waals surface area contributed by atoms with Gasteiger partial charge in [0.15, 0.2) is 0 Å². The summed E-state index contributed by atoms with van der Waals surface area (Å²) in [6.07, 6.45) is 0. The predicted octanol–water partition coefficient (Wildman–Crippen LogP) is 5.35. The van der Waals surface area contributed by atoms with E-state index >= 15 is 0 Å². The number of benzene rings is 3. The average molecular weight is 353 g/mol. The summed E-state index contributed by atoms with van der Waals surface area (Å²) in [6, 6.07) is 23.8. The first-order valence-corrected chi connectivity index (χ1v) is 8.68. The number of hydrogen-bond acceptors (Lipinski definition) is 3. The van der Waals surface area contributed by atoms with Crippen molar-refractivity contribution in [2.45, 2.75) is 20.8 Å². The molecule has 0 aliphatic rings. The second-order valence-electron chi connectivity index (χ2n) is 5.67. The van der Waals surface area contributed by atoms with Crippen LogP contribution in [0.1, 0.15) is 16.7 Å². The number of nitrogens with two attached hydrogens (primary N) is 2. The van der Waals surface area contributed by atoms with E-state index in [0.29, 0.717) is 0 Å². The fourth-order valence-electron chi connectivity index (χ4n) is 1.91. The molecule has 3 nitrogen and oxygen atoms in total. The van der Waals surface area contributed by atoms with Crippen LogP contribution in [0.4, 0.5) is 17.1 Å². The van der Waals surface area contributed by atoms with Gasteiger partial charge in [-0.3, -0.25) is 0 Å². The molecule has 0 radical (unpaired) electrons. The van der Waals surface area contributed by atoms with Gasteiger partial charge < -0.3 is 16.6 Å². The Balaban J connectivity index is 0.000000188. The molecule has 3 aromatic carbocycles. The summed E-state index contributed by atoms with van der Waals surface area (Å²) >= 11 is 0. The number of aryl methyl sites for hydroxylation is 3. The van der Waals surface area contributed by atoms with Crippen LogP contribution in [0.3, 0.4) is 0 Å². The van der Waals surface area contributed by atoms with E-state index in [1.165, 1.54) is 11.3 Å². The highest BCUT2D eigenvalue weighted by molar-refractivity contribution is 7.18. The van der Waals surface area contributed by atoms with Gasteiger partial charge in [0, 0.05) is 17.1 Å². The molecule has 25 heavy (non-hydrogen) atoms. The van der Waals surface area contributed by atoms with E-state index in [9.17, 15) is 0 Å². The summed E-state index contributed by atoms with van der Waals surface area (Å²) in [6.45, 7) is 6.07. The summed E-state index contributed by atoms with van der Waals surface area (Å²) in [5, 5.41) is 3.01. The van der Waals surface area contributed by atoms with E-state index in [2.05, 4.69) is 27.5 Å². The Hall–Kier alpha value is -2.51. The second kappa shape index (κ2) is 11.1. The lowest BCUT2D eigenvalue weighted by atomic mass is 10.2. The van der Waals surface area contributed by atoms with E-state index in [0.717, 1.165) is 22.5 Å². The normalized spacial score (nSPS) is 9.12. The first kappa shape index (κ1) is 20.5. The van der Waals surface area contributed by atoms with Crippen molar-refractivity contribution in [2.75, 3.05) is 16.6 Å². The molecule has 1 unspecified atom stereocenters. The molecule has 5 N–H and O–H groups in total. The molecule has 0 fully saturated rings. The van der Waals surface area contributed by atoms with Gasteiger partial charge in [0.2, 0.25) is 0 Å². The lowest BCUT2D eigenvalue weighted by Crippen LogP contribution is -1.85. The fraction of sp³-hybridized carbons (Fsp3) is 0.143. The van der Waals surface area contributed by atoms with Gasteiger partial charge in [0.1, 0.15) is 0 Å². The van der Waals surface area contributed by atoms with Gasteiger partial charge >= 0.3 is 0 Å². The zero-order valence-electron chi connectivity index (χ0n) is 15.2. The van der Waals surface area contributed by atoms with Gasteiger partial charge in [-0.15, -0.1) is 0 Å². The maximum absolute atomic E-state index is 5.52. The van der Waals surface area contributed by atoms with Crippen LogP contribution in [0.15, 0.2) is 72.8 Å². The average Bonchev–Trinajstić information content (AvgIpc) is 2.62. The number of hydrogen-bond donors (Lipinski definition) is 3. The van der Waals surface area contributed by atoms with E-state index in [1.54, 1.807) is 0 Å². The van der Waals surface area contributed by atoms with Crippen molar-refractivity contribution in [3.05, 3.63) is 89.5 Å². The molecule has 3 rings (SSSR count). The van der Waals surface area contributed by atoms with Crippen molar-refractivity contribution in [3.8, 4) is 0 Å². The standard InChI is InChI=1S/C7H10NP.2C7H9N/c1-6-4-2-3-5-7(6)8-9;2*1-6-4-2-3-5-7(6)8/h2-5,8H,9H2,1H3;2*2-5H,8H2,1H3. The Morgan fingerprint density at radius 1 is 0.600 bits per heavy atom. The Morgan fingerprint density at radius 3 is 1.20 bits per heavy atom. The van der Waals surface area contributed by atoms with Crippen LogP contribution in [0, 0.1) is 20.8 Å². The Morgan fingerprint density at radius 2 is 0.960 bits per heavy atom. The molecule has 3 aromatic rings. The molecule has 0 aliphatic heterocycles. The van der Waals surface area contributed by atoms with Gasteiger partial charge in [0.25, 0.3) is 0 Å². The lowest BCUT2D eigenvalue weighted by molar-refractivity contribution is 1.47. The molecule has 0 saturated heterocycles. The van der Waals surface area contributed by atoms with Crippen molar-refractivity contribution >= 4 is 26.5 Å². The maximum Gasteiger partial charge on any atom is 0.0398 e. The van der Waals surface area contributed by atoms with Gasteiger partial charge in [-0.2, -0.15) is 0 Å². The monoisotopic (exact) mass is 353 g/mol. The number of para-hydroxylation sites is 3. The molecule has 0 saturated carbocycles. The molecule has 132 valence electrons. The van der Waals surface area contributed by atoms with Crippen molar-refractivity contribution in [2.24, 2.45) is 0 Å². The highest BCUT2D eigenvalue weighted by Crippen LogP contribution is 2.13. The molecular formula is C21H28N3P. The van der Waals surface area contributed by atoms with Crippen LogP contribution in [0.25, 0.3) is 0 Å². The SMILES string of the molecule is Cc1ccccc1N.Cc1ccccc1N.Cc1ccccc1NP. The minimum absolute atomic E-state index is 0.868. The summed E-state index contributed by atoms with van der Waals surface area (Å²) in [5.41, 5.74) is 17.5. The molecule has 1 atom stereocenters. The second-order valence-corrected chi connectivity index (χ2v) is 5.96. The van der Waals surface area contributed by atoms with Crippen molar-refractivity contribution in [1.29, 1.82) is 0 Å². The molecule has 0 heterocycles. The number of nitrogens with one attached hydrogen (secondary N) is 1. The Bertz CT molecular complexity index is 687. The van der Waals surface area contributed by atoms with E-state index in [-0.39, 0.29) is 0 Å². The quantitative estimate of drug-likeness (QED) is 0.408. The van der Waals surface area contributed by atoms with Gasteiger partial charge in [-0.05, 0) is 65.1 Å². The van der Waals surface area contributed by atoms with Crippen LogP contribution in [0.2, 0.25) is 0 Å². The summed E-state index contributed by atoms with van der Waals surface area (Å²) in [7, 11) is 2.48. The molecule has 0 spiro atoms. The van der Waals surface area contributed by atoms with Crippen molar-refractivity contribution in [1.82, 2.24) is 0 Å². The third-order valence-electron chi connectivity index (χ3n) is 3.68. The fourth-order valence-corrected chi connectivity index (χ4v) is 2.23. The summed E-state index contributed by atoms with van der Waals surface area (Å²) in [4.78, 5) is 0. The summed E-state index contributed by atoms with van der Waals surface area (Å²) < 4.78 is 0. The first-order chi connectivity index (χ1) is 12.0. The van der Waals surface area contributed by atoms with Crippen LogP contribution >= 0.6 is 9.39 Å². The van der Waals surface area contributed by atoms with Gasteiger partial charge in [-0.25, -0.2) is 0 Å². The van der Waals surface area contributed by atoms with Crippen molar-refractivity contribution in [3.63, 3.8) is 0 Å². The molecule has 0 aliphatic carbocycles.